The first-order valence-corrected chi connectivity index (χ1v) is 5.37. The molecule has 1 aliphatic heterocycles. The summed E-state index contributed by atoms with van der Waals surface area (Å²) in [5.74, 6) is 0.811. The van der Waals surface area contributed by atoms with Crippen LogP contribution in [0.15, 0.2) is 0 Å². The van der Waals surface area contributed by atoms with E-state index in [4.69, 9.17) is 5.11 Å². The molecular weight excluding hydrogens is 164 g/mol. The summed E-state index contributed by atoms with van der Waals surface area (Å²) >= 11 is 0. The van der Waals surface area contributed by atoms with Crippen LogP contribution in [0.1, 0.15) is 26.7 Å². The van der Waals surface area contributed by atoms with E-state index >= 15 is 0 Å². The van der Waals surface area contributed by atoms with Crippen LogP contribution in [-0.4, -0.2) is 42.4 Å². The first kappa shape index (κ1) is 11.0. The van der Waals surface area contributed by atoms with Gasteiger partial charge >= 0.3 is 0 Å². The Morgan fingerprint density at radius 2 is 2.00 bits per heavy atom. The average molecular weight is 186 g/mol. The first-order chi connectivity index (χ1) is 6.26. The number of hydrogen-bond acceptors (Lipinski definition) is 3. The van der Waals surface area contributed by atoms with Crippen molar-refractivity contribution in [3.05, 3.63) is 0 Å². The Morgan fingerprint density at radius 1 is 1.38 bits per heavy atom. The number of aliphatic hydroxyl groups is 1. The molecule has 1 rings (SSSR count). The third-order valence-corrected chi connectivity index (χ3v) is 2.86. The van der Waals surface area contributed by atoms with Crippen molar-refractivity contribution in [2.75, 3.05) is 26.3 Å². The lowest BCUT2D eigenvalue weighted by atomic mass is 10.0. The van der Waals surface area contributed by atoms with Crippen molar-refractivity contribution < 1.29 is 5.11 Å². The highest BCUT2D eigenvalue weighted by Gasteiger charge is 2.23. The van der Waals surface area contributed by atoms with E-state index in [1.54, 1.807) is 0 Å². The summed E-state index contributed by atoms with van der Waals surface area (Å²) < 4.78 is 0. The maximum Gasteiger partial charge on any atom is 0.0794 e. The van der Waals surface area contributed by atoms with Crippen LogP contribution in [0.4, 0.5) is 0 Å². The second kappa shape index (κ2) is 5.58. The zero-order valence-electron chi connectivity index (χ0n) is 8.79. The van der Waals surface area contributed by atoms with E-state index < -0.39 is 0 Å². The topological polar surface area (TPSA) is 35.5 Å². The van der Waals surface area contributed by atoms with Crippen LogP contribution < -0.4 is 5.32 Å². The van der Waals surface area contributed by atoms with Gasteiger partial charge in [-0.15, -0.1) is 0 Å². The predicted molar refractivity (Wildman–Crippen MR) is 54.5 cm³/mol. The van der Waals surface area contributed by atoms with Crippen molar-refractivity contribution >= 4 is 0 Å². The van der Waals surface area contributed by atoms with Crippen LogP contribution in [0.3, 0.4) is 0 Å². The molecule has 1 aliphatic rings. The van der Waals surface area contributed by atoms with Gasteiger partial charge in [-0.1, -0.05) is 26.7 Å². The fraction of sp³-hybridized carbons (Fsp3) is 1.00. The summed E-state index contributed by atoms with van der Waals surface area (Å²) in [7, 11) is 0. The molecule has 0 aromatic carbocycles. The van der Waals surface area contributed by atoms with Crippen LogP contribution in [0.25, 0.3) is 0 Å². The number of β-amino-alcohol motifs (C(OH)–C–C–N with tert-alkyl or cyclic N) is 1. The van der Waals surface area contributed by atoms with E-state index in [0.717, 1.165) is 32.2 Å². The fourth-order valence-corrected chi connectivity index (χ4v) is 1.68. The fourth-order valence-electron chi connectivity index (χ4n) is 1.68. The van der Waals surface area contributed by atoms with Gasteiger partial charge in [-0.05, 0) is 12.5 Å². The first-order valence-electron chi connectivity index (χ1n) is 5.37. The Hall–Kier alpha value is -0.120. The van der Waals surface area contributed by atoms with Gasteiger partial charge in [0.25, 0.3) is 0 Å². The molecule has 0 aliphatic carbocycles. The van der Waals surface area contributed by atoms with E-state index in [-0.39, 0.29) is 6.10 Å². The molecule has 1 fully saturated rings. The third-order valence-electron chi connectivity index (χ3n) is 2.86. The number of hydrogen-bond donors (Lipinski definition) is 2. The average Bonchev–Trinajstić information content (AvgIpc) is 2.09. The Labute approximate surface area is 81.1 Å². The minimum atomic E-state index is -0.0741. The number of nitrogens with one attached hydrogen (secondary N) is 1. The van der Waals surface area contributed by atoms with Crippen molar-refractivity contribution in [3.8, 4) is 0 Å². The minimum Gasteiger partial charge on any atom is -0.390 e. The van der Waals surface area contributed by atoms with Crippen LogP contribution in [0, 0.1) is 5.92 Å². The summed E-state index contributed by atoms with van der Waals surface area (Å²) in [4.78, 5) is 2.23. The molecule has 0 aromatic rings. The molecular formula is C10H22N2O. The molecule has 3 heteroatoms. The highest BCUT2D eigenvalue weighted by Crippen LogP contribution is 2.07. The molecule has 2 N–H and O–H groups in total. The molecule has 0 spiro atoms. The molecule has 0 bridgehead atoms. The maximum absolute atomic E-state index is 9.05. The monoisotopic (exact) mass is 186 g/mol. The van der Waals surface area contributed by atoms with Gasteiger partial charge in [0.05, 0.1) is 6.10 Å². The number of aliphatic hydroxyl groups excluding tert-OH is 1. The molecule has 0 amide bonds. The van der Waals surface area contributed by atoms with Crippen LogP contribution in [0.5, 0.6) is 0 Å². The summed E-state index contributed by atoms with van der Waals surface area (Å²) in [6.45, 7) is 8.21. The quantitative estimate of drug-likeness (QED) is 0.639. The van der Waals surface area contributed by atoms with E-state index in [2.05, 4.69) is 24.1 Å². The molecule has 0 radical (unpaired) electrons. The number of likely N-dealkylation sites (tertiary alicyclic amines) is 1. The molecule has 78 valence electrons. The number of nitrogens with zero attached hydrogens (tertiary/aromatic N) is 1. The molecule has 0 atom stereocenters. The van der Waals surface area contributed by atoms with E-state index in [1.165, 1.54) is 12.8 Å². The molecule has 13 heavy (non-hydrogen) atoms. The van der Waals surface area contributed by atoms with Crippen molar-refractivity contribution in [2.45, 2.75) is 32.8 Å². The van der Waals surface area contributed by atoms with Gasteiger partial charge in [-0.3, -0.25) is 4.90 Å². The van der Waals surface area contributed by atoms with Crippen molar-refractivity contribution in [1.29, 1.82) is 0 Å². The molecule has 0 aromatic heterocycles. The standard InChI is InChI=1S/C10H22N2O/c1-3-9(4-2)5-11-8-12-6-10(13)7-12/h9-11,13H,3-8H2,1-2H3. The largest absolute Gasteiger partial charge is 0.390 e. The van der Waals surface area contributed by atoms with Gasteiger partial charge < -0.3 is 10.4 Å². The number of rotatable bonds is 6. The van der Waals surface area contributed by atoms with Crippen molar-refractivity contribution in [3.63, 3.8) is 0 Å². The van der Waals surface area contributed by atoms with Crippen molar-refractivity contribution in [1.82, 2.24) is 10.2 Å². The Morgan fingerprint density at radius 3 is 2.46 bits per heavy atom. The van der Waals surface area contributed by atoms with Gasteiger partial charge in [-0.2, -0.15) is 0 Å². The lowest BCUT2D eigenvalue weighted by Gasteiger charge is -2.36. The summed E-state index contributed by atoms with van der Waals surface area (Å²) in [6.07, 6.45) is 2.44. The zero-order valence-corrected chi connectivity index (χ0v) is 8.79. The molecule has 1 heterocycles. The van der Waals surface area contributed by atoms with Gasteiger partial charge in [0, 0.05) is 19.8 Å². The van der Waals surface area contributed by atoms with Gasteiger partial charge in [-0.25, -0.2) is 0 Å². The minimum absolute atomic E-state index is 0.0741. The van der Waals surface area contributed by atoms with Crippen LogP contribution in [0.2, 0.25) is 0 Å². The summed E-state index contributed by atoms with van der Waals surface area (Å²) in [5.41, 5.74) is 0. The summed E-state index contributed by atoms with van der Waals surface area (Å²) in [6, 6.07) is 0. The van der Waals surface area contributed by atoms with Gasteiger partial charge in [0.2, 0.25) is 0 Å². The third kappa shape index (κ3) is 3.63. The van der Waals surface area contributed by atoms with Crippen molar-refractivity contribution in [2.24, 2.45) is 5.92 Å². The normalized spacial score (nSPS) is 19.4. The lowest BCUT2D eigenvalue weighted by Crippen LogP contribution is -2.54. The van der Waals surface area contributed by atoms with Crippen LogP contribution in [-0.2, 0) is 0 Å². The second-order valence-electron chi connectivity index (χ2n) is 3.98. The smallest absolute Gasteiger partial charge is 0.0794 e. The van der Waals surface area contributed by atoms with Crippen LogP contribution >= 0.6 is 0 Å². The summed E-state index contributed by atoms with van der Waals surface area (Å²) in [5, 5.41) is 12.5. The van der Waals surface area contributed by atoms with E-state index in [9.17, 15) is 0 Å². The zero-order chi connectivity index (χ0) is 9.68. The Kier molecular flexibility index (Phi) is 4.70. The molecule has 3 nitrogen and oxygen atoms in total. The van der Waals surface area contributed by atoms with Gasteiger partial charge in [0.1, 0.15) is 0 Å². The lowest BCUT2D eigenvalue weighted by molar-refractivity contribution is -0.00290. The maximum atomic E-state index is 9.05. The van der Waals surface area contributed by atoms with Gasteiger partial charge in [0.15, 0.2) is 0 Å². The van der Waals surface area contributed by atoms with E-state index in [0.29, 0.717) is 0 Å². The Balaban J connectivity index is 1.94. The Bertz CT molecular complexity index is 131. The molecule has 0 unspecified atom stereocenters. The highest BCUT2D eigenvalue weighted by atomic mass is 16.3. The molecule has 1 saturated heterocycles. The van der Waals surface area contributed by atoms with E-state index in [1.807, 2.05) is 0 Å². The second-order valence-corrected chi connectivity index (χ2v) is 3.98. The highest BCUT2D eigenvalue weighted by molar-refractivity contribution is 4.77. The SMILES string of the molecule is CCC(CC)CNCN1CC(O)C1. The molecule has 0 saturated carbocycles. The predicted octanol–water partition coefficient (Wildman–Crippen LogP) is 0.646.